The molecular formula is C11H7NaO4. The number of carbonyl (C=O) groups is 1. The van der Waals surface area contributed by atoms with Gasteiger partial charge in [0.05, 0.1) is 11.5 Å². The summed E-state index contributed by atoms with van der Waals surface area (Å²) in [5, 5.41) is 30.4. The summed E-state index contributed by atoms with van der Waals surface area (Å²) < 4.78 is 0. The number of hydrogen-bond donors (Lipinski definition) is 2. The summed E-state index contributed by atoms with van der Waals surface area (Å²) in [6.45, 7) is 0. The normalized spacial score (nSPS) is 9.75. The number of phenols is 2. The number of carboxylic acids is 1. The number of aromatic carboxylic acids is 1. The van der Waals surface area contributed by atoms with Crippen LogP contribution in [0.25, 0.3) is 10.8 Å². The molecule has 2 rings (SSSR count). The zero-order chi connectivity index (χ0) is 11.0. The molecule has 0 spiro atoms. The maximum Gasteiger partial charge on any atom is 1.00 e. The number of carbonyl (C=O) groups excluding carboxylic acids is 1. The second-order valence-corrected chi connectivity index (χ2v) is 3.13. The van der Waals surface area contributed by atoms with Crippen LogP contribution in [0.1, 0.15) is 10.4 Å². The SMILES string of the molecule is O=C([O-])c1c(O)c(O)cc2ccccc12.[Na+]. The average molecular weight is 226 g/mol. The Kier molecular flexibility index (Phi) is 3.80. The fraction of sp³-hybridized carbons (Fsp3) is 0. The van der Waals surface area contributed by atoms with E-state index in [1.54, 1.807) is 24.3 Å². The molecule has 2 aromatic carbocycles. The van der Waals surface area contributed by atoms with Crippen LogP contribution in [-0.4, -0.2) is 16.2 Å². The first-order valence-electron chi connectivity index (χ1n) is 4.26. The third kappa shape index (κ3) is 2.00. The fourth-order valence-electron chi connectivity index (χ4n) is 1.53. The van der Waals surface area contributed by atoms with Crippen molar-refractivity contribution in [1.29, 1.82) is 0 Å². The van der Waals surface area contributed by atoms with Gasteiger partial charge in [0.25, 0.3) is 0 Å². The zero-order valence-corrected chi connectivity index (χ0v) is 10.6. The van der Waals surface area contributed by atoms with Gasteiger partial charge in [0.2, 0.25) is 0 Å². The summed E-state index contributed by atoms with van der Waals surface area (Å²) >= 11 is 0. The van der Waals surface area contributed by atoms with E-state index in [4.69, 9.17) is 0 Å². The molecule has 0 heterocycles. The van der Waals surface area contributed by atoms with E-state index >= 15 is 0 Å². The van der Waals surface area contributed by atoms with Crippen LogP contribution in [0.3, 0.4) is 0 Å². The molecule has 0 saturated heterocycles. The summed E-state index contributed by atoms with van der Waals surface area (Å²) in [6, 6.07) is 7.83. The van der Waals surface area contributed by atoms with Gasteiger partial charge < -0.3 is 20.1 Å². The molecule has 0 atom stereocenters. The van der Waals surface area contributed by atoms with Gasteiger partial charge in [-0.2, -0.15) is 0 Å². The third-order valence-corrected chi connectivity index (χ3v) is 2.21. The van der Waals surface area contributed by atoms with Crippen molar-refractivity contribution in [2.75, 3.05) is 0 Å². The van der Waals surface area contributed by atoms with Crippen molar-refractivity contribution in [2.45, 2.75) is 0 Å². The minimum atomic E-state index is -1.51. The van der Waals surface area contributed by atoms with Crippen LogP contribution in [0.4, 0.5) is 0 Å². The van der Waals surface area contributed by atoms with E-state index in [9.17, 15) is 20.1 Å². The minimum Gasteiger partial charge on any atom is -0.545 e. The molecule has 5 heteroatoms. The molecule has 0 unspecified atom stereocenters. The second kappa shape index (κ2) is 4.74. The van der Waals surface area contributed by atoms with Crippen LogP contribution >= 0.6 is 0 Å². The van der Waals surface area contributed by atoms with Crippen molar-refractivity contribution in [2.24, 2.45) is 0 Å². The van der Waals surface area contributed by atoms with Gasteiger partial charge in [-0.15, -0.1) is 0 Å². The van der Waals surface area contributed by atoms with Crippen LogP contribution in [0, 0.1) is 0 Å². The van der Waals surface area contributed by atoms with Crippen molar-refractivity contribution in [3.63, 3.8) is 0 Å². The van der Waals surface area contributed by atoms with Crippen LogP contribution in [0.15, 0.2) is 30.3 Å². The topological polar surface area (TPSA) is 80.6 Å². The molecule has 2 N–H and O–H groups in total. The van der Waals surface area contributed by atoms with Crippen molar-refractivity contribution in [1.82, 2.24) is 0 Å². The Balaban J connectivity index is 0.00000128. The van der Waals surface area contributed by atoms with Crippen molar-refractivity contribution < 1.29 is 49.7 Å². The first kappa shape index (κ1) is 12.8. The maximum atomic E-state index is 10.8. The van der Waals surface area contributed by atoms with Crippen molar-refractivity contribution >= 4 is 16.7 Å². The Morgan fingerprint density at radius 2 is 1.81 bits per heavy atom. The quantitative estimate of drug-likeness (QED) is 0.420. The largest absolute Gasteiger partial charge is 1.00 e. The van der Waals surface area contributed by atoms with Crippen molar-refractivity contribution in [3.8, 4) is 11.5 Å². The van der Waals surface area contributed by atoms with Crippen LogP contribution in [0.5, 0.6) is 11.5 Å². The van der Waals surface area contributed by atoms with Gasteiger partial charge in [-0.25, -0.2) is 0 Å². The van der Waals surface area contributed by atoms with Gasteiger partial charge in [-0.1, -0.05) is 24.3 Å². The van der Waals surface area contributed by atoms with Gasteiger partial charge in [-0.05, 0) is 16.8 Å². The van der Waals surface area contributed by atoms with Gasteiger partial charge in [0, 0.05) is 0 Å². The smallest absolute Gasteiger partial charge is 0.545 e. The van der Waals surface area contributed by atoms with Crippen molar-refractivity contribution in [3.05, 3.63) is 35.9 Å². The molecule has 0 saturated carbocycles. The number of phenolic OH excluding ortho intramolecular Hbond substituents is 1. The van der Waals surface area contributed by atoms with Crippen LogP contribution in [-0.2, 0) is 0 Å². The second-order valence-electron chi connectivity index (χ2n) is 3.13. The number of benzene rings is 2. The van der Waals surface area contributed by atoms with E-state index in [-0.39, 0.29) is 35.1 Å². The number of rotatable bonds is 1. The molecule has 4 nitrogen and oxygen atoms in total. The monoisotopic (exact) mass is 226 g/mol. The molecule has 0 aromatic heterocycles. The Labute approximate surface area is 113 Å². The molecule has 0 bridgehead atoms. The Morgan fingerprint density at radius 3 is 2.44 bits per heavy atom. The number of carboxylic acid groups (broad SMARTS) is 1. The van der Waals surface area contributed by atoms with E-state index in [1.807, 2.05) is 0 Å². The van der Waals surface area contributed by atoms with Gasteiger partial charge >= 0.3 is 29.6 Å². The Bertz CT molecular complexity index is 551. The van der Waals surface area contributed by atoms with Gasteiger partial charge in [0.1, 0.15) is 0 Å². The predicted octanol–water partition coefficient (Wildman–Crippen LogP) is -2.38. The van der Waals surface area contributed by atoms with Gasteiger partial charge in [0.15, 0.2) is 11.5 Å². The fourth-order valence-corrected chi connectivity index (χ4v) is 1.53. The molecular weight excluding hydrogens is 219 g/mol. The molecule has 76 valence electrons. The summed E-state index contributed by atoms with van der Waals surface area (Å²) in [5.41, 5.74) is -0.384. The van der Waals surface area contributed by atoms with Crippen LogP contribution < -0.4 is 34.7 Å². The average Bonchev–Trinajstić information content (AvgIpc) is 2.19. The molecule has 0 aliphatic rings. The first-order chi connectivity index (χ1) is 7.11. The number of fused-ring (bicyclic) bond motifs is 1. The Morgan fingerprint density at radius 1 is 1.19 bits per heavy atom. The minimum absolute atomic E-state index is 0. The molecule has 2 aromatic rings. The van der Waals surface area contributed by atoms with E-state index in [2.05, 4.69) is 0 Å². The van der Waals surface area contributed by atoms with E-state index in [0.717, 1.165) is 0 Å². The molecule has 0 radical (unpaired) electrons. The predicted molar refractivity (Wildman–Crippen MR) is 51.6 cm³/mol. The number of hydrogen-bond acceptors (Lipinski definition) is 4. The third-order valence-electron chi connectivity index (χ3n) is 2.21. The molecule has 0 aliphatic carbocycles. The molecule has 0 amide bonds. The van der Waals surface area contributed by atoms with Crippen LogP contribution in [0.2, 0.25) is 0 Å². The molecule has 0 fully saturated rings. The summed E-state index contributed by atoms with van der Waals surface area (Å²) in [7, 11) is 0. The summed E-state index contributed by atoms with van der Waals surface area (Å²) in [6.07, 6.45) is 0. The van der Waals surface area contributed by atoms with Gasteiger partial charge in [-0.3, -0.25) is 0 Å². The van der Waals surface area contributed by atoms with E-state index in [0.29, 0.717) is 10.8 Å². The zero-order valence-electron chi connectivity index (χ0n) is 8.60. The summed E-state index contributed by atoms with van der Waals surface area (Å²) in [4.78, 5) is 10.8. The Hall–Kier alpha value is -1.23. The molecule has 16 heavy (non-hydrogen) atoms. The van der Waals surface area contributed by atoms with E-state index in [1.165, 1.54) is 6.07 Å². The summed E-state index contributed by atoms with van der Waals surface area (Å²) in [5.74, 6) is -2.64. The molecule has 0 aliphatic heterocycles. The van der Waals surface area contributed by atoms with E-state index < -0.39 is 17.5 Å². The number of aromatic hydroxyl groups is 2. The standard InChI is InChI=1S/C11H8O4.Na/c12-8-5-6-3-1-2-4-7(6)9(10(8)13)11(14)15;/h1-5,12-13H,(H,14,15);/q;+1/p-1. The maximum absolute atomic E-state index is 10.8. The first-order valence-corrected chi connectivity index (χ1v) is 4.26.